The number of carbonyl (C=O) groups excluding carboxylic acids is 2. The minimum atomic E-state index is -0.211. The Kier molecular flexibility index (Phi) is 4.41. The minimum Gasteiger partial charge on any atom is -0.465 e. The molecule has 0 aromatic heterocycles. The molecule has 3 fully saturated rings. The lowest BCUT2D eigenvalue weighted by Gasteiger charge is -2.54. The van der Waals surface area contributed by atoms with Gasteiger partial charge in [0.25, 0.3) is 0 Å². The van der Waals surface area contributed by atoms with Crippen molar-refractivity contribution in [1.29, 1.82) is 0 Å². The summed E-state index contributed by atoms with van der Waals surface area (Å²) in [5.41, 5.74) is 0.616. The van der Waals surface area contributed by atoms with Crippen LogP contribution in [0, 0.1) is 23.2 Å². The van der Waals surface area contributed by atoms with Gasteiger partial charge in [0.1, 0.15) is 6.61 Å². The van der Waals surface area contributed by atoms with E-state index in [1.807, 2.05) is 6.08 Å². The highest BCUT2D eigenvalue weighted by Crippen LogP contribution is 2.60. The lowest BCUT2D eigenvalue weighted by Crippen LogP contribution is -2.51. The fourth-order valence-electron chi connectivity index (χ4n) is 6.22. The van der Waals surface area contributed by atoms with E-state index < -0.39 is 0 Å². The summed E-state index contributed by atoms with van der Waals surface area (Å²) < 4.78 is 17.0. The molecule has 2 aliphatic carbocycles. The molecule has 0 aromatic carbocycles. The smallest absolute Gasteiger partial charge is 0.336 e. The Morgan fingerprint density at radius 2 is 2.08 bits per heavy atom. The Bertz CT molecular complexity index is 640. The van der Waals surface area contributed by atoms with E-state index >= 15 is 0 Å². The molecule has 4 rings (SSSR count). The van der Waals surface area contributed by atoms with Crippen molar-refractivity contribution in [1.82, 2.24) is 0 Å². The van der Waals surface area contributed by atoms with Crippen LogP contribution in [0.1, 0.15) is 59.3 Å². The largest absolute Gasteiger partial charge is 0.465 e. The minimum absolute atomic E-state index is 0.0551. The highest BCUT2D eigenvalue weighted by molar-refractivity contribution is 5.91. The molecular formula is C21H30O5. The molecule has 5 unspecified atom stereocenters. The van der Waals surface area contributed by atoms with Gasteiger partial charge >= 0.3 is 11.9 Å². The molecule has 2 aliphatic heterocycles. The molecule has 0 amide bonds. The van der Waals surface area contributed by atoms with Crippen molar-refractivity contribution >= 4 is 11.9 Å². The van der Waals surface area contributed by atoms with Crippen LogP contribution in [0.2, 0.25) is 0 Å². The van der Waals surface area contributed by atoms with Crippen LogP contribution in [0.5, 0.6) is 0 Å². The van der Waals surface area contributed by atoms with E-state index in [1.165, 1.54) is 19.8 Å². The van der Waals surface area contributed by atoms with Crippen molar-refractivity contribution in [3.05, 3.63) is 11.6 Å². The quantitative estimate of drug-likeness (QED) is 0.720. The summed E-state index contributed by atoms with van der Waals surface area (Å²) in [6, 6.07) is 0. The van der Waals surface area contributed by atoms with Gasteiger partial charge in [0, 0.05) is 12.3 Å². The highest BCUT2D eigenvalue weighted by Gasteiger charge is 2.58. The van der Waals surface area contributed by atoms with Crippen molar-refractivity contribution in [3.63, 3.8) is 0 Å². The van der Waals surface area contributed by atoms with Crippen molar-refractivity contribution in [3.8, 4) is 0 Å². The third-order valence-corrected chi connectivity index (χ3v) is 7.54. The van der Waals surface area contributed by atoms with Gasteiger partial charge in [-0.05, 0) is 62.9 Å². The van der Waals surface area contributed by atoms with Crippen LogP contribution in [0.25, 0.3) is 0 Å². The highest BCUT2D eigenvalue weighted by atomic mass is 16.5. The van der Waals surface area contributed by atoms with Gasteiger partial charge in [0.05, 0.1) is 23.9 Å². The normalized spacial score (nSPS) is 44.7. The number of cyclic esters (lactones) is 1. The maximum atomic E-state index is 12.0. The average Bonchev–Trinajstić information content (AvgIpc) is 3.16. The van der Waals surface area contributed by atoms with Crippen molar-refractivity contribution in [2.24, 2.45) is 23.2 Å². The monoisotopic (exact) mass is 362 g/mol. The molecule has 144 valence electrons. The third-order valence-electron chi connectivity index (χ3n) is 7.54. The second kappa shape index (κ2) is 6.36. The fourth-order valence-corrected chi connectivity index (χ4v) is 6.22. The molecule has 2 saturated carbocycles. The zero-order chi connectivity index (χ0) is 18.5. The predicted molar refractivity (Wildman–Crippen MR) is 95.2 cm³/mol. The lowest BCUT2D eigenvalue weighted by molar-refractivity contribution is -0.155. The molecule has 26 heavy (non-hydrogen) atoms. The van der Waals surface area contributed by atoms with E-state index in [4.69, 9.17) is 14.2 Å². The van der Waals surface area contributed by atoms with Crippen molar-refractivity contribution in [2.75, 3.05) is 13.2 Å². The van der Waals surface area contributed by atoms with Crippen LogP contribution >= 0.6 is 0 Å². The molecule has 2 heterocycles. The Balaban J connectivity index is 1.54. The van der Waals surface area contributed by atoms with E-state index in [0.29, 0.717) is 31.0 Å². The number of fused-ring (bicyclic) bond motifs is 3. The first kappa shape index (κ1) is 18.0. The Morgan fingerprint density at radius 1 is 1.27 bits per heavy atom. The van der Waals surface area contributed by atoms with Gasteiger partial charge in [-0.2, -0.15) is 0 Å². The standard InChI is InChI=1S/C21H30O5/c1-13(22)25-12-20(2)8-4-5-14-16(20)6-9-21(3)17(14)11-18(26-21)15-7-10-24-19(15)23/h7,14,16-18H,4-6,8-12H2,1-3H3/t14?,16?,17?,18?,20-,21?/m0/s1. The Morgan fingerprint density at radius 3 is 2.77 bits per heavy atom. The molecule has 0 radical (unpaired) electrons. The number of hydrogen-bond donors (Lipinski definition) is 0. The lowest BCUT2D eigenvalue weighted by atomic mass is 9.52. The maximum Gasteiger partial charge on any atom is 0.336 e. The van der Waals surface area contributed by atoms with Crippen molar-refractivity contribution < 1.29 is 23.8 Å². The van der Waals surface area contributed by atoms with Gasteiger partial charge in [0.2, 0.25) is 0 Å². The number of rotatable bonds is 3. The summed E-state index contributed by atoms with van der Waals surface area (Å²) in [5.74, 6) is 1.19. The van der Waals surface area contributed by atoms with Gasteiger partial charge in [-0.3, -0.25) is 4.79 Å². The molecule has 5 heteroatoms. The van der Waals surface area contributed by atoms with Gasteiger partial charge in [-0.15, -0.1) is 0 Å². The molecule has 0 bridgehead atoms. The molecule has 0 spiro atoms. The summed E-state index contributed by atoms with van der Waals surface area (Å²) in [6.07, 6.45) is 8.27. The molecule has 1 saturated heterocycles. The van der Waals surface area contributed by atoms with Crippen LogP contribution in [0.4, 0.5) is 0 Å². The summed E-state index contributed by atoms with van der Waals surface area (Å²) in [7, 11) is 0. The topological polar surface area (TPSA) is 61.8 Å². The first-order chi connectivity index (χ1) is 12.3. The predicted octanol–water partition coefficient (Wildman–Crippen LogP) is 3.41. The second-order valence-electron chi connectivity index (χ2n) is 9.15. The van der Waals surface area contributed by atoms with E-state index in [9.17, 15) is 9.59 Å². The zero-order valence-electron chi connectivity index (χ0n) is 16.1. The SMILES string of the molecule is CC(=O)OC[C@]1(C)CCCC2C3CC(C4=CCOC4=O)OC3(C)CCC21. The molecule has 0 aromatic rings. The van der Waals surface area contributed by atoms with E-state index in [1.54, 1.807) is 0 Å². The maximum absolute atomic E-state index is 12.0. The summed E-state index contributed by atoms with van der Waals surface area (Å²) in [5, 5.41) is 0. The van der Waals surface area contributed by atoms with Crippen LogP contribution in [0.15, 0.2) is 11.6 Å². The molecule has 0 N–H and O–H groups in total. The van der Waals surface area contributed by atoms with E-state index in [2.05, 4.69) is 13.8 Å². The van der Waals surface area contributed by atoms with Crippen LogP contribution in [-0.4, -0.2) is 36.9 Å². The Labute approximate surface area is 155 Å². The van der Waals surface area contributed by atoms with Crippen LogP contribution in [0.3, 0.4) is 0 Å². The Hall–Kier alpha value is -1.36. The van der Waals surface area contributed by atoms with E-state index in [0.717, 1.165) is 31.3 Å². The van der Waals surface area contributed by atoms with Gasteiger partial charge in [0.15, 0.2) is 0 Å². The molecule has 6 atom stereocenters. The summed E-state index contributed by atoms with van der Waals surface area (Å²) >= 11 is 0. The first-order valence-electron chi connectivity index (χ1n) is 10.0. The van der Waals surface area contributed by atoms with Crippen molar-refractivity contribution in [2.45, 2.75) is 71.0 Å². The molecule has 5 nitrogen and oxygen atoms in total. The number of carbonyl (C=O) groups is 2. The second-order valence-corrected chi connectivity index (χ2v) is 9.15. The zero-order valence-corrected chi connectivity index (χ0v) is 16.1. The first-order valence-corrected chi connectivity index (χ1v) is 10.0. The van der Waals surface area contributed by atoms with Gasteiger partial charge in [-0.25, -0.2) is 4.79 Å². The number of esters is 2. The fraction of sp³-hybridized carbons (Fsp3) is 0.810. The van der Waals surface area contributed by atoms with Gasteiger partial charge < -0.3 is 14.2 Å². The van der Waals surface area contributed by atoms with Crippen LogP contribution in [-0.2, 0) is 23.8 Å². The third kappa shape index (κ3) is 2.88. The number of ether oxygens (including phenoxy) is 3. The molecular weight excluding hydrogens is 332 g/mol. The van der Waals surface area contributed by atoms with Gasteiger partial charge in [-0.1, -0.05) is 13.3 Å². The van der Waals surface area contributed by atoms with E-state index in [-0.39, 0.29) is 29.1 Å². The molecule has 4 aliphatic rings. The average molecular weight is 362 g/mol. The summed E-state index contributed by atoms with van der Waals surface area (Å²) in [4.78, 5) is 23.3. The summed E-state index contributed by atoms with van der Waals surface area (Å²) in [6.45, 7) is 6.91. The van der Waals surface area contributed by atoms with Crippen LogP contribution < -0.4 is 0 Å². The number of hydrogen-bond acceptors (Lipinski definition) is 5.